The fourth-order valence-electron chi connectivity index (χ4n) is 3.83. The van der Waals surface area contributed by atoms with Gasteiger partial charge in [-0.25, -0.2) is 4.98 Å². The number of nitrogens with one attached hydrogen (secondary N) is 2. The molecule has 0 atom stereocenters. The third-order valence-electron chi connectivity index (χ3n) is 5.79. The van der Waals surface area contributed by atoms with Gasteiger partial charge < -0.3 is 10.6 Å². The number of nitrogens with zero attached hydrogens (tertiary/aromatic N) is 3. The second kappa shape index (κ2) is 8.86. The molecule has 0 saturated heterocycles. The Kier molecular flexibility index (Phi) is 6.09. The minimum Gasteiger partial charge on any atom is -0.382 e. The summed E-state index contributed by atoms with van der Waals surface area (Å²) in [5.74, 6) is -0.284. The van der Waals surface area contributed by atoms with E-state index in [1.807, 2.05) is 42.7 Å². The molecular formula is C25H24F3N5O. The lowest BCUT2D eigenvalue weighted by molar-refractivity contribution is -0.131. The summed E-state index contributed by atoms with van der Waals surface area (Å²) in [5, 5.41) is 14.9. The molecule has 2 aromatic heterocycles. The third kappa shape index (κ3) is 4.91. The van der Waals surface area contributed by atoms with Gasteiger partial charge in [-0.15, -0.1) is 0 Å². The molecule has 34 heavy (non-hydrogen) atoms. The summed E-state index contributed by atoms with van der Waals surface area (Å²) >= 11 is 0. The average Bonchev–Trinajstić information content (AvgIpc) is 3.41. The highest BCUT2D eigenvalue weighted by molar-refractivity contribution is 5.97. The van der Waals surface area contributed by atoms with Crippen LogP contribution in [0.3, 0.4) is 0 Å². The summed E-state index contributed by atoms with van der Waals surface area (Å²) < 4.78 is 39.7. The Bertz CT molecular complexity index is 1310. The van der Waals surface area contributed by atoms with E-state index < -0.39 is 18.1 Å². The standard InChI is InChI=1S/C25H24F3N5O/c1-3-4-17-12-20(30-10-9-25(26,27)28)22-31-13-21(33(22)14-17)18-5-6-19(16(2)11-18)23(34)32-24(15-29)7-8-24/h3-6,11-14,30H,7-10H2,1-2H3,(H,32,34)/b4-3+. The van der Waals surface area contributed by atoms with Crippen LogP contribution >= 0.6 is 0 Å². The molecule has 2 N–H and O–H groups in total. The highest BCUT2D eigenvalue weighted by atomic mass is 19.4. The van der Waals surface area contributed by atoms with Crippen molar-refractivity contribution in [3.8, 4) is 17.3 Å². The maximum atomic E-state index is 12.6. The first-order valence-electron chi connectivity index (χ1n) is 10.9. The molecule has 1 fully saturated rings. The minimum absolute atomic E-state index is 0.256. The van der Waals surface area contributed by atoms with Gasteiger partial charge in [0.25, 0.3) is 5.91 Å². The number of anilines is 1. The molecule has 1 saturated carbocycles. The van der Waals surface area contributed by atoms with Crippen molar-refractivity contribution >= 4 is 23.3 Å². The molecule has 0 spiro atoms. The van der Waals surface area contributed by atoms with E-state index in [0.29, 0.717) is 29.7 Å². The highest BCUT2D eigenvalue weighted by Crippen LogP contribution is 2.35. The predicted octanol–water partition coefficient (Wildman–Crippen LogP) is 5.49. The molecule has 9 heteroatoms. The lowest BCUT2D eigenvalue weighted by atomic mass is 10.0. The van der Waals surface area contributed by atoms with E-state index in [0.717, 1.165) is 22.4 Å². The zero-order chi connectivity index (χ0) is 24.5. The summed E-state index contributed by atoms with van der Waals surface area (Å²) in [4.78, 5) is 17.1. The Morgan fingerprint density at radius 3 is 2.71 bits per heavy atom. The Morgan fingerprint density at radius 2 is 2.09 bits per heavy atom. The van der Waals surface area contributed by atoms with E-state index in [2.05, 4.69) is 21.7 Å². The molecule has 0 radical (unpaired) electrons. The van der Waals surface area contributed by atoms with E-state index in [9.17, 15) is 23.2 Å². The van der Waals surface area contributed by atoms with E-state index >= 15 is 0 Å². The van der Waals surface area contributed by atoms with Gasteiger partial charge in [-0.1, -0.05) is 18.2 Å². The number of amides is 1. The maximum Gasteiger partial charge on any atom is 0.390 e. The van der Waals surface area contributed by atoms with E-state index in [1.54, 1.807) is 24.4 Å². The van der Waals surface area contributed by atoms with E-state index in [4.69, 9.17) is 0 Å². The van der Waals surface area contributed by atoms with Crippen LogP contribution in [0.25, 0.3) is 23.0 Å². The SMILES string of the molecule is C/C=C/c1cc(NCCC(F)(F)F)c2ncc(-c3ccc(C(=O)NC4(C#N)CC4)c(C)c3)n2c1. The van der Waals surface area contributed by atoms with Crippen LogP contribution in [0.4, 0.5) is 18.9 Å². The van der Waals surface area contributed by atoms with Gasteiger partial charge in [-0.2, -0.15) is 18.4 Å². The number of alkyl halides is 3. The Morgan fingerprint density at radius 1 is 1.32 bits per heavy atom. The van der Waals surface area contributed by atoms with Crippen LogP contribution in [0.1, 0.15) is 47.7 Å². The summed E-state index contributed by atoms with van der Waals surface area (Å²) in [7, 11) is 0. The van der Waals surface area contributed by atoms with Crippen LogP contribution in [-0.4, -0.2) is 33.6 Å². The first-order valence-corrected chi connectivity index (χ1v) is 10.9. The van der Waals surface area contributed by atoms with Crippen molar-refractivity contribution in [2.24, 2.45) is 0 Å². The number of halogens is 3. The maximum absolute atomic E-state index is 12.6. The zero-order valence-corrected chi connectivity index (χ0v) is 18.8. The van der Waals surface area contributed by atoms with Gasteiger partial charge in [0, 0.05) is 23.9 Å². The fourth-order valence-corrected chi connectivity index (χ4v) is 3.83. The first-order chi connectivity index (χ1) is 16.1. The number of benzene rings is 1. The molecule has 0 bridgehead atoms. The van der Waals surface area contributed by atoms with Crippen LogP contribution in [0.15, 0.2) is 42.7 Å². The number of aromatic nitrogens is 2. The largest absolute Gasteiger partial charge is 0.390 e. The molecule has 2 heterocycles. The normalized spacial score (nSPS) is 14.8. The summed E-state index contributed by atoms with van der Waals surface area (Å²) in [6, 6.07) is 9.30. The number of aryl methyl sites for hydroxylation is 1. The lowest BCUT2D eigenvalue weighted by Gasteiger charge is -2.13. The van der Waals surface area contributed by atoms with Crippen LogP contribution in [-0.2, 0) is 0 Å². The van der Waals surface area contributed by atoms with Crippen molar-refractivity contribution in [2.45, 2.75) is 44.8 Å². The topological polar surface area (TPSA) is 82.2 Å². The number of pyridine rings is 1. The van der Waals surface area contributed by atoms with Gasteiger partial charge in [-0.05, 0) is 56.0 Å². The monoisotopic (exact) mass is 467 g/mol. The van der Waals surface area contributed by atoms with Gasteiger partial charge in [-0.3, -0.25) is 9.20 Å². The molecule has 6 nitrogen and oxygen atoms in total. The highest BCUT2D eigenvalue weighted by Gasteiger charge is 2.44. The van der Waals surface area contributed by atoms with E-state index in [1.165, 1.54) is 0 Å². The van der Waals surface area contributed by atoms with Crippen LogP contribution in [0, 0.1) is 18.3 Å². The second-order valence-corrected chi connectivity index (χ2v) is 8.49. The van der Waals surface area contributed by atoms with Gasteiger partial charge in [0.1, 0.15) is 5.54 Å². The number of nitriles is 1. The fraction of sp³-hybridized carbons (Fsp3) is 0.320. The number of hydrogen-bond acceptors (Lipinski definition) is 4. The van der Waals surface area contributed by atoms with Crippen molar-refractivity contribution in [2.75, 3.05) is 11.9 Å². The lowest BCUT2D eigenvalue weighted by Crippen LogP contribution is -2.35. The average molecular weight is 467 g/mol. The van der Waals surface area contributed by atoms with Crippen molar-refractivity contribution in [3.63, 3.8) is 0 Å². The molecule has 3 aromatic rings. The molecule has 1 aromatic carbocycles. The van der Waals surface area contributed by atoms with E-state index in [-0.39, 0.29) is 12.5 Å². The van der Waals surface area contributed by atoms with Crippen LogP contribution in [0.2, 0.25) is 0 Å². The van der Waals surface area contributed by atoms with Crippen molar-refractivity contribution in [1.29, 1.82) is 5.26 Å². The molecule has 176 valence electrons. The third-order valence-corrected chi connectivity index (χ3v) is 5.79. The van der Waals surface area contributed by atoms with Crippen molar-refractivity contribution in [3.05, 3.63) is 59.4 Å². The second-order valence-electron chi connectivity index (χ2n) is 8.49. The Labute approximate surface area is 195 Å². The molecular weight excluding hydrogens is 443 g/mol. The van der Waals surface area contributed by atoms with Crippen molar-refractivity contribution < 1.29 is 18.0 Å². The van der Waals surface area contributed by atoms with Crippen LogP contribution < -0.4 is 10.6 Å². The van der Waals surface area contributed by atoms with Gasteiger partial charge in [0.2, 0.25) is 0 Å². The number of carbonyl (C=O) groups is 1. The van der Waals surface area contributed by atoms with Gasteiger partial charge in [0.15, 0.2) is 5.65 Å². The molecule has 1 aliphatic carbocycles. The molecule has 4 rings (SSSR count). The summed E-state index contributed by atoms with van der Waals surface area (Å²) in [6.45, 7) is 3.43. The van der Waals surface area contributed by atoms with Gasteiger partial charge >= 0.3 is 6.18 Å². The Hall–Kier alpha value is -3.80. The summed E-state index contributed by atoms with van der Waals surface area (Å²) in [6.07, 6.45) is 3.35. The molecule has 1 amide bonds. The number of rotatable bonds is 7. The van der Waals surface area contributed by atoms with Crippen LogP contribution in [0.5, 0.6) is 0 Å². The van der Waals surface area contributed by atoms with Crippen molar-refractivity contribution in [1.82, 2.24) is 14.7 Å². The zero-order valence-electron chi connectivity index (χ0n) is 18.8. The van der Waals surface area contributed by atoms with Gasteiger partial charge in [0.05, 0.1) is 30.1 Å². The number of imidazole rings is 1. The predicted molar refractivity (Wildman–Crippen MR) is 124 cm³/mol. The number of allylic oxidation sites excluding steroid dienone is 1. The Balaban J connectivity index is 1.67. The molecule has 1 aliphatic rings. The summed E-state index contributed by atoms with van der Waals surface area (Å²) in [5.41, 5.74) is 3.85. The molecule has 0 unspecified atom stereocenters. The minimum atomic E-state index is -4.25. The first kappa shape index (κ1) is 23.4. The number of carbonyl (C=O) groups excluding carboxylic acids is 1. The quantitative estimate of drug-likeness (QED) is 0.481. The number of fused-ring (bicyclic) bond motifs is 1. The smallest absolute Gasteiger partial charge is 0.382 e. The number of hydrogen-bond donors (Lipinski definition) is 2. The molecule has 0 aliphatic heterocycles.